The lowest BCUT2D eigenvalue weighted by Gasteiger charge is -2.15. The fourth-order valence-electron chi connectivity index (χ4n) is 1.73. The number of ether oxygens (including phenoxy) is 2. The van der Waals surface area contributed by atoms with E-state index >= 15 is 0 Å². The molecule has 1 heterocycles. The van der Waals surface area contributed by atoms with Crippen molar-refractivity contribution in [3.8, 4) is 0 Å². The van der Waals surface area contributed by atoms with E-state index in [9.17, 15) is 0 Å². The molecule has 1 rings (SSSR count). The zero-order valence-corrected chi connectivity index (χ0v) is 13.4. The topological polar surface area (TPSA) is 94.3 Å². The maximum atomic E-state index is 5.51. The second-order valence-corrected chi connectivity index (χ2v) is 5.09. The quantitative estimate of drug-likeness (QED) is 0.343. The average molecular weight is 297 g/mol. The summed E-state index contributed by atoms with van der Waals surface area (Å²) in [5, 5.41) is 3.32. The van der Waals surface area contributed by atoms with Crippen LogP contribution in [-0.2, 0) is 9.47 Å². The Morgan fingerprint density at radius 3 is 2.48 bits per heavy atom. The van der Waals surface area contributed by atoms with E-state index < -0.39 is 0 Å². The van der Waals surface area contributed by atoms with Crippen LogP contribution < -0.4 is 16.6 Å². The lowest BCUT2D eigenvalue weighted by Crippen LogP contribution is -2.16. The van der Waals surface area contributed by atoms with E-state index in [0.717, 1.165) is 30.2 Å². The fourth-order valence-corrected chi connectivity index (χ4v) is 1.73. The predicted octanol–water partition coefficient (Wildman–Crippen LogP) is 1.66. The molecule has 0 aliphatic carbocycles. The molecule has 21 heavy (non-hydrogen) atoms. The van der Waals surface area contributed by atoms with Crippen LogP contribution in [0.5, 0.6) is 0 Å². The molecule has 0 amide bonds. The van der Waals surface area contributed by atoms with E-state index in [4.69, 9.17) is 15.3 Å². The average Bonchev–Trinajstić information content (AvgIpc) is 2.47. The molecule has 1 aromatic heterocycles. The first kappa shape index (κ1) is 17.6. The van der Waals surface area contributed by atoms with Crippen molar-refractivity contribution in [2.75, 3.05) is 44.2 Å². The highest BCUT2D eigenvalue weighted by atomic mass is 16.5. The second-order valence-electron chi connectivity index (χ2n) is 5.09. The number of nitrogens with zero attached hydrogens (tertiary/aromatic N) is 2. The molecule has 0 aliphatic rings. The molecule has 0 unspecified atom stereocenters. The zero-order valence-electron chi connectivity index (χ0n) is 13.4. The molecule has 7 nitrogen and oxygen atoms in total. The number of anilines is 2. The monoisotopic (exact) mass is 297 g/mol. The fraction of sp³-hybridized carbons (Fsp3) is 0.714. The van der Waals surface area contributed by atoms with Crippen molar-refractivity contribution in [2.45, 2.75) is 33.1 Å². The van der Waals surface area contributed by atoms with Crippen LogP contribution >= 0.6 is 0 Å². The third-order valence-electron chi connectivity index (χ3n) is 3.01. The van der Waals surface area contributed by atoms with Crippen LogP contribution in [0.4, 0.5) is 11.6 Å². The first-order valence-corrected chi connectivity index (χ1v) is 7.25. The number of rotatable bonds is 10. The Morgan fingerprint density at radius 1 is 1.14 bits per heavy atom. The number of nitrogen functional groups attached to an aromatic ring is 1. The van der Waals surface area contributed by atoms with Crippen LogP contribution in [0.1, 0.15) is 37.6 Å². The highest BCUT2D eigenvalue weighted by molar-refractivity contribution is 5.56. The van der Waals surface area contributed by atoms with Gasteiger partial charge in [0.1, 0.15) is 17.5 Å². The predicted molar refractivity (Wildman–Crippen MR) is 84.5 cm³/mol. The Labute approximate surface area is 126 Å². The number of hydrogen-bond donors (Lipinski definition) is 3. The van der Waals surface area contributed by atoms with Crippen LogP contribution in [0.2, 0.25) is 0 Å². The van der Waals surface area contributed by atoms with E-state index in [2.05, 4.69) is 34.6 Å². The lowest BCUT2D eigenvalue weighted by molar-refractivity contribution is 0.0705. The van der Waals surface area contributed by atoms with Gasteiger partial charge in [0.15, 0.2) is 0 Å². The van der Waals surface area contributed by atoms with E-state index in [0.29, 0.717) is 25.6 Å². The van der Waals surface area contributed by atoms with Gasteiger partial charge in [-0.05, 0) is 13.3 Å². The molecule has 0 atom stereocenters. The van der Waals surface area contributed by atoms with Crippen molar-refractivity contribution < 1.29 is 9.47 Å². The van der Waals surface area contributed by atoms with E-state index in [1.807, 2.05) is 6.92 Å². The van der Waals surface area contributed by atoms with E-state index in [1.165, 1.54) is 0 Å². The standard InChI is InChI=1S/C14H27N5O2/c1-10(2)12-17-13(11(3)14(18-12)19-15)16-6-5-7-21-9-8-20-4/h10H,5-9,15H2,1-4H3,(H2,16,17,18,19). The maximum absolute atomic E-state index is 5.51. The summed E-state index contributed by atoms with van der Waals surface area (Å²) in [6, 6.07) is 0. The molecule has 0 saturated heterocycles. The Bertz CT molecular complexity index is 426. The summed E-state index contributed by atoms with van der Waals surface area (Å²) in [5.74, 6) is 8.01. The van der Waals surface area contributed by atoms with Gasteiger partial charge < -0.3 is 20.2 Å². The van der Waals surface area contributed by atoms with Crippen molar-refractivity contribution in [3.05, 3.63) is 11.4 Å². The number of aromatic nitrogens is 2. The van der Waals surface area contributed by atoms with Gasteiger partial charge in [-0.2, -0.15) is 0 Å². The molecule has 0 radical (unpaired) electrons. The van der Waals surface area contributed by atoms with Crippen molar-refractivity contribution in [2.24, 2.45) is 5.84 Å². The van der Waals surface area contributed by atoms with Crippen molar-refractivity contribution in [3.63, 3.8) is 0 Å². The van der Waals surface area contributed by atoms with Gasteiger partial charge in [0.2, 0.25) is 0 Å². The Kier molecular flexibility index (Phi) is 7.96. The minimum atomic E-state index is 0.246. The molecule has 120 valence electrons. The van der Waals surface area contributed by atoms with E-state index in [-0.39, 0.29) is 5.92 Å². The summed E-state index contributed by atoms with van der Waals surface area (Å²) in [4.78, 5) is 8.95. The summed E-state index contributed by atoms with van der Waals surface area (Å²) in [6.07, 6.45) is 0.898. The van der Waals surface area contributed by atoms with Gasteiger partial charge in [-0.25, -0.2) is 15.8 Å². The Balaban J connectivity index is 2.52. The summed E-state index contributed by atoms with van der Waals surface area (Å²) in [7, 11) is 1.66. The number of nitrogens with two attached hydrogens (primary N) is 1. The molecule has 0 spiro atoms. The van der Waals surface area contributed by atoms with Crippen LogP contribution in [0.25, 0.3) is 0 Å². The van der Waals surface area contributed by atoms with Gasteiger partial charge >= 0.3 is 0 Å². The molecular formula is C14H27N5O2. The third-order valence-corrected chi connectivity index (χ3v) is 3.01. The normalized spacial score (nSPS) is 11.0. The number of methoxy groups -OCH3 is 1. The van der Waals surface area contributed by atoms with Gasteiger partial charge in [-0.1, -0.05) is 13.8 Å². The molecular weight excluding hydrogens is 270 g/mol. The summed E-state index contributed by atoms with van der Waals surface area (Å²) < 4.78 is 10.3. The number of hydrazine groups is 1. The molecule has 0 bridgehead atoms. The van der Waals surface area contributed by atoms with Crippen LogP contribution in [0.15, 0.2) is 0 Å². The summed E-state index contributed by atoms with van der Waals surface area (Å²) >= 11 is 0. The Hall–Kier alpha value is -1.44. The van der Waals surface area contributed by atoms with Crippen LogP contribution in [0, 0.1) is 6.92 Å². The molecule has 4 N–H and O–H groups in total. The van der Waals surface area contributed by atoms with Gasteiger partial charge in [0.25, 0.3) is 0 Å². The minimum Gasteiger partial charge on any atom is -0.382 e. The maximum Gasteiger partial charge on any atom is 0.148 e. The third kappa shape index (κ3) is 5.82. The molecule has 0 aromatic carbocycles. The molecule has 0 fully saturated rings. The van der Waals surface area contributed by atoms with Gasteiger partial charge in [-0.3, -0.25) is 0 Å². The number of nitrogens with one attached hydrogen (secondary N) is 2. The zero-order chi connectivity index (χ0) is 15.7. The Morgan fingerprint density at radius 2 is 1.86 bits per heavy atom. The van der Waals surface area contributed by atoms with Crippen LogP contribution in [-0.4, -0.2) is 43.4 Å². The SMILES string of the molecule is COCCOCCCNc1nc(C(C)C)nc(NN)c1C. The molecule has 1 aromatic rings. The lowest BCUT2D eigenvalue weighted by atomic mass is 10.2. The van der Waals surface area contributed by atoms with Gasteiger partial charge in [0, 0.05) is 31.7 Å². The smallest absolute Gasteiger partial charge is 0.148 e. The first-order valence-electron chi connectivity index (χ1n) is 7.25. The van der Waals surface area contributed by atoms with Crippen molar-refractivity contribution >= 4 is 11.6 Å². The van der Waals surface area contributed by atoms with Gasteiger partial charge in [0.05, 0.1) is 13.2 Å². The summed E-state index contributed by atoms with van der Waals surface area (Å²) in [6.45, 7) is 8.78. The molecule has 0 aliphatic heterocycles. The van der Waals surface area contributed by atoms with Crippen LogP contribution in [0.3, 0.4) is 0 Å². The summed E-state index contributed by atoms with van der Waals surface area (Å²) in [5.41, 5.74) is 3.54. The highest BCUT2D eigenvalue weighted by Gasteiger charge is 2.12. The minimum absolute atomic E-state index is 0.246. The number of hydrogen-bond acceptors (Lipinski definition) is 7. The highest BCUT2D eigenvalue weighted by Crippen LogP contribution is 2.22. The van der Waals surface area contributed by atoms with Crippen molar-refractivity contribution in [1.82, 2.24) is 9.97 Å². The molecule has 0 saturated carbocycles. The first-order chi connectivity index (χ1) is 10.1. The van der Waals surface area contributed by atoms with E-state index in [1.54, 1.807) is 7.11 Å². The van der Waals surface area contributed by atoms with Crippen molar-refractivity contribution in [1.29, 1.82) is 0 Å². The molecule has 7 heteroatoms. The van der Waals surface area contributed by atoms with Gasteiger partial charge in [-0.15, -0.1) is 0 Å². The second kappa shape index (κ2) is 9.49. The largest absolute Gasteiger partial charge is 0.382 e.